The van der Waals surface area contributed by atoms with Crippen LogP contribution in [-0.2, 0) is 19.6 Å². The molecule has 10 heteroatoms. The van der Waals surface area contributed by atoms with Gasteiger partial charge in [0.1, 0.15) is 0 Å². The van der Waals surface area contributed by atoms with Crippen LogP contribution < -0.4 is 10.5 Å². The minimum absolute atomic E-state index is 0.0618. The quantitative estimate of drug-likeness (QED) is 0.710. The third-order valence-corrected chi connectivity index (χ3v) is 5.60. The van der Waals surface area contributed by atoms with Crippen LogP contribution in [0.25, 0.3) is 0 Å². The normalized spacial score (nSPS) is 16.9. The lowest BCUT2D eigenvalue weighted by atomic mass is 10.2. The standard InChI is InChI=1S/C19H30N4O5S/c1-14(2)13-28-19(25)23-9-5-8-22(10-11-23)15(3)18(24)21-16-6-4-7-17(12-16)29(20,26)27/h4,6-7,12,14-15H,5,8-11,13H2,1-3H3,(H,21,24)(H2,20,26,27). The average Bonchev–Trinajstić information content (AvgIpc) is 2.91. The number of amides is 2. The van der Waals surface area contributed by atoms with Gasteiger partial charge in [0.25, 0.3) is 0 Å². The fourth-order valence-corrected chi connectivity index (χ4v) is 3.56. The van der Waals surface area contributed by atoms with E-state index in [-0.39, 0.29) is 22.8 Å². The average molecular weight is 427 g/mol. The Balaban J connectivity index is 1.94. The first-order chi connectivity index (χ1) is 13.6. The van der Waals surface area contributed by atoms with Crippen molar-refractivity contribution in [1.82, 2.24) is 9.80 Å². The second-order valence-electron chi connectivity index (χ2n) is 7.59. The Hall–Kier alpha value is -2.17. The first kappa shape index (κ1) is 23.1. The summed E-state index contributed by atoms with van der Waals surface area (Å²) < 4.78 is 28.2. The van der Waals surface area contributed by atoms with Crippen molar-refractivity contribution in [3.63, 3.8) is 0 Å². The molecule has 1 saturated heterocycles. The molecule has 29 heavy (non-hydrogen) atoms. The molecule has 1 aromatic carbocycles. The number of hydrogen-bond donors (Lipinski definition) is 2. The summed E-state index contributed by atoms with van der Waals surface area (Å²) >= 11 is 0. The van der Waals surface area contributed by atoms with Crippen molar-refractivity contribution in [2.75, 3.05) is 38.1 Å². The van der Waals surface area contributed by atoms with Crippen LogP contribution in [0.4, 0.5) is 10.5 Å². The molecular formula is C19H30N4O5S. The van der Waals surface area contributed by atoms with E-state index in [1.165, 1.54) is 18.2 Å². The molecule has 1 aliphatic heterocycles. The maximum Gasteiger partial charge on any atom is 0.409 e. The van der Waals surface area contributed by atoms with Gasteiger partial charge in [-0.05, 0) is 37.5 Å². The topological polar surface area (TPSA) is 122 Å². The van der Waals surface area contributed by atoms with E-state index in [4.69, 9.17) is 9.88 Å². The van der Waals surface area contributed by atoms with Gasteiger partial charge in [-0.2, -0.15) is 0 Å². The Bertz CT molecular complexity index is 828. The van der Waals surface area contributed by atoms with Gasteiger partial charge in [0.2, 0.25) is 15.9 Å². The van der Waals surface area contributed by atoms with Crippen LogP contribution in [0.5, 0.6) is 0 Å². The van der Waals surface area contributed by atoms with Gasteiger partial charge in [-0.3, -0.25) is 9.69 Å². The number of carbonyl (C=O) groups is 2. The molecule has 3 N–H and O–H groups in total. The van der Waals surface area contributed by atoms with Crippen molar-refractivity contribution in [2.24, 2.45) is 11.1 Å². The molecule has 1 atom stereocenters. The Labute approximate surface area is 172 Å². The number of nitrogens with one attached hydrogen (secondary N) is 1. The van der Waals surface area contributed by atoms with E-state index < -0.39 is 16.1 Å². The summed E-state index contributed by atoms with van der Waals surface area (Å²) in [5.74, 6) is 0.0197. The Kier molecular flexibility index (Phi) is 8.00. The van der Waals surface area contributed by atoms with Crippen molar-refractivity contribution < 1.29 is 22.7 Å². The molecule has 1 fully saturated rings. The van der Waals surface area contributed by atoms with Gasteiger partial charge in [0, 0.05) is 31.9 Å². The molecule has 0 saturated carbocycles. The molecule has 2 rings (SSSR count). The molecule has 1 aliphatic rings. The first-order valence-corrected chi connectivity index (χ1v) is 11.2. The van der Waals surface area contributed by atoms with E-state index in [0.29, 0.717) is 38.5 Å². The van der Waals surface area contributed by atoms with Crippen molar-refractivity contribution in [2.45, 2.75) is 38.1 Å². The van der Waals surface area contributed by atoms with E-state index in [0.717, 1.165) is 6.42 Å². The molecule has 0 bridgehead atoms. The number of primary sulfonamides is 1. The molecule has 1 aromatic rings. The van der Waals surface area contributed by atoms with Crippen molar-refractivity contribution in [3.05, 3.63) is 24.3 Å². The lowest BCUT2D eigenvalue weighted by Gasteiger charge is -2.27. The Morgan fingerprint density at radius 2 is 1.90 bits per heavy atom. The molecule has 0 aromatic heterocycles. The minimum Gasteiger partial charge on any atom is -0.449 e. The largest absolute Gasteiger partial charge is 0.449 e. The number of nitrogens with two attached hydrogens (primary N) is 1. The summed E-state index contributed by atoms with van der Waals surface area (Å²) in [7, 11) is -3.84. The van der Waals surface area contributed by atoms with Crippen LogP contribution in [0.3, 0.4) is 0 Å². The smallest absolute Gasteiger partial charge is 0.409 e. The van der Waals surface area contributed by atoms with Crippen LogP contribution in [0.2, 0.25) is 0 Å². The van der Waals surface area contributed by atoms with Crippen LogP contribution >= 0.6 is 0 Å². The number of nitrogens with zero attached hydrogens (tertiary/aromatic N) is 2. The summed E-state index contributed by atoms with van der Waals surface area (Å²) in [4.78, 5) is 28.4. The molecular weight excluding hydrogens is 396 g/mol. The van der Waals surface area contributed by atoms with E-state index in [2.05, 4.69) is 5.32 Å². The predicted molar refractivity (Wildman–Crippen MR) is 110 cm³/mol. The van der Waals surface area contributed by atoms with Gasteiger partial charge >= 0.3 is 6.09 Å². The van der Waals surface area contributed by atoms with Crippen LogP contribution in [0.1, 0.15) is 27.2 Å². The highest BCUT2D eigenvalue weighted by Gasteiger charge is 2.26. The van der Waals surface area contributed by atoms with Crippen molar-refractivity contribution in [1.29, 1.82) is 0 Å². The predicted octanol–water partition coefficient (Wildman–Crippen LogP) is 1.46. The minimum atomic E-state index is -3.84. The number of ether oxygens (including phenoxy) is 1. The number of benzene rings is 1. The van der Waals surface area contributed by atoms with E-state index in [1.807, 2.05) is 18.7 Å². The molecule has 162 valence electrons. The van der Waals surface area contributed by atoms with Gasteiger partial charge in [-0.25, -0.2) is 18.4 Å². The van der Waals surface area contributed by atoms with Crippen molar-refractivity contribution >= 4 is 27.7 Å². The molecule has 9 nitrogen and oxygen atoms in total. The molecule has 0 spiro atoms. The maximum absolute atomic E-state index is 12.6. The van der Waals surface area contributed by atoms with Gasteiger partial charge < -0.3 is 15.0 Å². The fraction of sp³-hybridized carbons (Fsp3) is 0.579. The van der Waals surface area contributed by atoms with Crippen LogP contribution in [-0.4, -0.2) is 69.0 Å². The second-order valence-corrected chi connectivity index (χ2v) is 9.15. The lowest BCUT2D eigenvalue weighted by Crippen LogP contribution is -2.44. The second kappa shape index (κ2) is 10.0. The molecule has 0 radical (unpaired) electrons. The fourth-order valence-electron chi connectivity index (χ4n) is 3.00. The molecule has 1 unspecified atom stereocenters. The number of sulfonamides is 1. The Morgan fingerprint density at radius 3 is 2.55 bits per heavy atom. The number of anilines is 1. The molecule has 2 amide bonds. The van der Waals surface area contributed by atoms with E-state index in [1.54, 1.807) is 17.9 Å². The van der Waals surface area contributed by atoms with Gasteiger partial charge in [-0.15, -0.1) is 0 Å². The zero-order valence-corrected chi connectivity index (χ0v) is 17.9. The van der Waals surface area contributed by atoms with Crippen LogP contribution in [0.15, 0.2) is 29.2 Å². The SMILES string of the molecule is CC(C)COC(=O)N1CCCN(C(C)C(=O)Nc2cccc(S(N)(=O)=O)c2)CC1. The highest BCUT2D eigenvalue weighted by molar-refractivity contribution is 7.89. The monoisotopic (exact) mass is 426 g/mol. The first-order valence-electron chi connectivity index (χ1n) is 9.67. The number of rotatable bonds is 6. The third-order valence-electron chi connectivity index (χ3n) is 4.69. The molecule has 1 heterocycles. The van der Waals surface area contributed by atoms with E-state index in [9.17, 15) is 18.0 Å². The third kappa shape index (κ3) is 6.98. The van der Waals surface area contributed by atoms with Crippen molar-refractivity contribution in [3.8, 4) is 0 Å². The summed E-state index contributed by atoms with van der Waals surface area (Å²) in [6, 6.07) is 5.38. The summed E-state index contributed by atoms with van der Waals surface area (Å²) in [6.07, 6.45) is 0.410. The summed E-state index contributed by atoms with van der Waals surface area (Å²) in [5.41, 5.74) is 0.363. The van der Waals surface area contributed by atoms with Gasteiger partial charge in [0.15, 0.2) is 0 Å². The van der Waals surface area contributed by atoms with Gasteiger partial charge in [-0.1, -0.05) is 19.9 Å². The summed E-state index contributed by atoms with van der Waals surface area (Å²) in [5, 5.41) is 7.87. The van der Waals surface area contributed by atoms with E-state index >= 15 is 0 Å². The zero-order valence-electron chi connectivity index (χ0n) is 17.1. The lowest BCUT2D eigenvalue weighted by molar-refractivity contribution is -0.120. The number of hydrogen-bond acceptors (Lipinski definition) is 6. The zero-order chi connectivity index (χ0) is 21.6. The maximum atomic E-state index is 12.6. The van der Waals surface area contributed by atoms with Gasteiger partial charge in [0.05, 0.1) is 17.5 Å². The summed E-state index contributed by atoms with van der Waals surface area (Å²) in [6.45, 7) is 8.41. The molecule has 0 aliphatic carbocycles. The highest BCUT2D eigenvalue weighted by atomic mass is 32.2. The Morgan fingerprint density at radius 1 is 1.17 bits per heavy atom. The number of carbonyl (C=O) groups excluding carboxylic acids is 2. The highest BCUT2D eigenvalue weighted by Crippen LogP contribution is 2.16. The van der Waals surface area contributed by atoms with Crippen LogP contribution in [0, 0.1) is 5.92 Å².